The third-order valence-corrected chi connectivity index (χ3v) is 2.63. The molecule has 1 aromatic carbocycles. The maximum atomic E-state index is 13.7. The van der Waals surface area contributed by atoms with E-state index in [9.17, 15) is 18.0 Å². The summed E-state index contributed by atoms with van der Waals surface area (Å²) in [6, 6.07) is 0.379. The molecule has 0 atom stereocenters. The lowest BCUT2D eigenvalue weighted by Crippen LogP contribution is -2.37. The molecule has 0 aliphatic carbocycles. The number of rotatable bonds is 6. The third kappa shape index (κ3) is 3.97. The molecule has 0 unspecified atom stereocenters. The van der Waals surface area contributed by atoms with Gasteiger partial charge in [0.15, 0.2) is 0 Å². The smallest absolute Gasteiger partial charge is 0.481 e. The van der Waals surface area contributed by atoms with Gasteiger partial charge in [-0.05, 0) is 19.3 Å². The van der Waals surface area contributed by atoms with Crippen molar-refractivity contribution < 1.29 is 33.1 Å². The highest BCUT2D eigenvalue weighted by atomic mass is 19.1. The molecule has 0 spiro atoms. The summed E-state index contributed by atoms with van der Waals surface area (Å²) >= 11 is 0. The van der Waals surface area contributed by atoms with Gasteiger partial charge < -0.3 is 15.2 Å². The van der Waals surface area contributed by atoms with Crippen LogP contribution < -0.4 is 5.46 Å². The van der Waals surface area contributed by atoms with E-state index in [0.717, 1.165) is 0 Å². The summed E-state index contributed by atoms with van der Waals surface area (Å²) in [7, 11) is -2.38. The van der Waals surface area contributed by atoms with Crippen molar-refractivity contribution in [1.82, 2.24) is 0 Å². The number of hydrogen-bond acceptors (Lipinski definition) is 3. The topological polar surface area (TPSA) is 77.8 Å². The Morgan fingerprint density at radius 3 is 2.32 bits per heavy atom. The van der Waals surface area contributed by atoms with E-state index in [1.54, 1.807) is 0 Å². The molecule has 0 aromatic heterocycles. The van der Waals surface area contributed by atoms with Crippen LogP contribution in [0.25, 0.3) is 0 Å². The van der Waals surface area contributed by atoms with E-state index in [-0.39, 0.29) is 25.7 Å². The maximum absolute atomic E-state index is 13.7. The van der Waals surface area contributed by atoms with Crippen molar-refractivity contribution in [3.05, 3.63) is 29.1 Å². The molecule has 1 aromatic rings. The predicted molar refractivity (Wildman–Crippen MR) is 61.3 cm³/mol. The zero-order chi connectivity index (χ0) is 14.6. The van der Waals surface area contributed by atoms with Crippen molar-refractivity contribution >= 4 is 18.6 Å². The van der Waals surface area contributed by atoms with Crippen LogP contribution in [0.4, 0.5) is 13.2 Å². The van der Waals surface area contributed by atoms with Crippen LogP contribution in [0.15, 0.2) is 6.07 Å². The Hall–Kier alpha value is -1.54. The van der Waals surface area contributed by atoms with Gasteiger partial charge in [-0.15, -0.1) is 0 Å². The zero-order valence-corrected chi connectivity index (χ0v) is 9.87. The molecule has 104 valence electrons. The van der Waals surface area contributed by atoms with E-state index in [1.165, 1.54) is 0 Å². The number of unbranched alkanes of at least 4 members (excludes halogenated alkanes) is 1. The second kappa shape index (κ2) is 6.58. The van der Waals surface area contributed by atoms with Gasteiger partial charge in [0.1, 0.15) is 17.5 Å². The van der Waals surface area contributed by atoms with Crippen LogP contribution in [0.5, 0.6) is 0 Å². The van der Waals surface area contributed by atoms with E-state index in [0.29, 0.717) is 6.07 Å². The van der Waals surface area contributed by atoms with Gasteiger partial charge in [-0.3, -0.25) is 4.79 Å². The van der Waals surface area contributed by atoms with Gasteiger partial charge >= 0.3 is 13.1 Å². The maximum Gasteiger partial charge on any atom is 0.494 e. The van der Waals surface area contributed by atoms with Crippen LogP contribution in [0, 0.1) is 17.5 Å². The first-order valence-electron chi connectivity index (χ1n) is 5.58. The van der Waals surface area contributed by atoms with Crippen molar-refractivity contribution in [2.45, 2.75) is 25.7 Å². The van der Waals surface area contributed by atoms with Crippen LogP contribution in [0.1, 0.15) is 24.8 Å². The third-order valence-electron chi connectivity index (χ3n) is 2.63. The molecule has 0 aliphatic rings. The van der Waals surface area contributed by atoms with Crippen molar-refractivity contribution in [2.24, 2.45) is 0 Å². The minimum atomic E-state index is -2.38. The normalized spacial score (nSPS) is 10.6. The highest BCUT2D eigenvalue weighted by Gasteiger charge is 2.26. The molecular formula is C11H12BF3O4. The van der Waals surface area contributed by atoms with Gasteiger partial charge in [0, 0.05) is 18.1 Å². The highest BCUT2D eigenvalue weighted by molar-refractivity contribution is 6.58. The predicted octanol–water partition coefficient (Wildman–Crippen LogP) is 0.581. The number of hydrogen-bond donors (Lipinski definition) is 3. The average Bonchev–Trinajstić information content (AvgIpc) is 2.26. The van der Waals surface area contributed by atoms with E-state index in [2.05, 4.69) is 0 Å². The van der Waals surface area contributed by atoms with E-state index in [1.807, 2.05) is 0 Å². The number of halogens is 3. The molecule has 1 rings (SSSR count). The molecule has 0 fully saturated rings. The lowest BCUT2D eigenvalue weighted by Gasteiger charge is -2.10. The largest absolute Gasteiger partial charge is 0.494 e. The molecule has 0 saturated heterocycles. The Labute approximate surface area is 107 Å². The molecule has 0 bridgehead atoms. The monoisotopic (exact) mass is 276 g/mol. The number of carboxylic acid groups (broad SMARTS) is 1. The summed E-state index contributed by atoms with van der Waals surface area (Å²) in [5.41, 5.74) is -1.48. The Balaban J connectivity index is 2.88. The highest BCUT2D eigenvalue weighted by Crippen LogP contribution is 2.16. The minimum absolute atomic E-state index is 0.139. The van der Waals surface area contributed by atoms with Gasteiger partial charge in [-0.2, -0.15) is 0 Å². The van der Waals surface area contributed by atoms with Gasteiger partial charge in [0.05, 0.1) is 5.46 Å². The zero-order valence-electron chi connectivity index (χ0n) is 9.87. The Bertz CT molecular complexity index is 479. The van der Waals surface area contributed by atoms with Gasteiger partial charge in [-0.1, -0.05) is 0 Å². The lowest BCUT2D eigenvalue weighted by atomic mass is 9.78. The minimum Gasteiger partial charge on any atom is -0.481 e. The van der Waals surface area contributed by atoms with E-state index >= 15 is 0 Å². The molecule has 3 N–H and O–H groups in total. The first-order valence-corrected chi connectivity index (χ1v) is 5.58. The molecule has 0 aliphatic heterocycles. The standard InChI is InChI=1S/C11H12BF3O4/c13-7-5-8(14)10(12(18)19)11(15)6(7)3-1-2-4-9(16)17/h5,18-19H,1-4H2,(H,16,17). The summed E-state index contributed by atoms with van der Waals surface area (Å²) in [6.07, 6.45) is 0.111. The second-order valence-corrected chi connectivity index (χ2v) is 4.02. The summed E-state index contributed by atoms with van der Waals surface area (Å²) in [6.45, 7) is 0. The van der Waals surface area contributed by atoms with Crippen LogP contribution in [-0.2, 0) is 11.2 Å². The summed E-state index contributed by atoms with van der Waals surface area (Å²) in [4.78, 5) is 10.3. The van der Waals surface area contributed by atoms with Gasteiger partial charge in [-0.25, -0.2) is 13.2 Å². The van der Waals surface area contributed by atoms with Gasteiger partial charge in [0.2, 0.25) is 0 Å². The molecule has 0 radical (unpaired) electrons. The fraction of sp³-hybridized carbons (Fsp3) is 0.364. The number of benzene rings is 1. The lowest BCUT2D eigenvalue weighted by molar-refractivity contribution is -0.137. The molecule has 0 heterocycles. The first-order chi connectivity index (χ1) is 8.84. The van der Waals surface area contributed by atoms with Crippen LogP contribution in [0.3, 0.4) is 0 Å². The molecule has 4 nitrogen and oxygen atoms in total. The van der Waals surface area contributed by atoms with E-state index in [4.69, 9.17) is 15.2 Å². The molecule has 8 heteroatoms. The molecular weight excluding hydrogens is 264 g/mol. The average molecular weight is 276 g/mol. The number of aliphatic carboxylic acids is 1. The molecule has 0 amide bonds. The summed E-state index contributed by atoms with van der Waals surface area (Å²) in [5, 5.41) is 26.1. The Kier molecular flexibility index (Phi) is 5.37. The summed E-state index contributed by atoms with van der Waals surface area (Å²) < 4.78 is 40.3. The van der Waals surface area contributed by atoms with Crippen LogP contribution >= 0.6 is 0 Å². The van der Waals surface area contributed by atoms with Crippen LogP contribution in [0.2, 0.25) is 0 Å². The quantitative estimate of drug-likeness (QED) is 0.524. The van der Waals surface area contributed by atoms with Crippen molar-refractivity contribution in [3.63, 3.8) is 0 Å². The van der Waals surface area contributed by atoms with Crippen molar-refractivity contribution in [2.75, 3.05) is 0 Å². The van der Waals surface area contributed by atoms with Crippen LogP contribution in [-0.4, -0.2) is 28.2 Å². The van der Waals surface area contributed by atoms with Gasteiger partial charge in [0.25, 0.3) is 0 Å². The van der Waals surface area contributed by atoms with Crippen molar-refractivity contribution in [1.29, 1.82) is 0 Å². The molecule has 0 saturated carbocycles. The van der Waals surface area contributed by atoms with E-state index < -0.39 is 41.6 Å². The SMILES string of the molecule is O=C(O)CCCCc1c(F)cc(F)c(B(O)O)c1F. The molecule has 19 heavy (non-hydrogen) atoms. The second-order valence-electron chi connectivity index (χ2n) is 4.02. The first kappa shape index (κ1) is 15.5. The Morgan fingerprint density at radius 2 is 1.79 bits per heavy atom. The summed E-state index contributed by atoms with van der Waals surface area (Å²) in [5.74, 6) is -4.87. The fourth-order valence-electron chi connectivity index (χ4n) is 1.69. The number of carboxylic acids is 1. The fourth-order valence-corrected chi connectivity index (χ4v) is 1.69. The Morgan fingerprint density at radius 1 is 1.16 bits per heavy atom. The number of carbonyl (C=O) groups is 1. The van der Waals surface area contributed by atoms with Crippen molar-refractivity contribution in [3.8, 4) is 0 Å².